The van der Waals surface area contributed by atoms with Gasteiger partial charge in [-0.1, -0.05) is 20.8 Å². The monoisotopic (exact) mass is 278 g/mol. The highest BCUT2D eigenvalue weighted by Gasteiger charge is 2.28. The van der Waals surface area contributed by atoms with Gasteiger partial charge in [-0.2, -0.15) is 0 Å². The van der Waals surface area contributed by atoms with Crippen molar-refractivity contribution in [2.24, 2.45) is 11.1 Å². The van der Waals surface area contributed by atoms with Crippen LogP contribution in [0, 0.1) is 5.41 Å². The SMILES string of the molecule is CCCN(CC(C)(C)CN)c1cc(=O)[nH]c(C2CC2)n1. The van der Waals surface area contributed by atoms with E-state index in [2.05, 4.69) is 35.6 Å². The fraction of sp³-hybridized carbons (Fsp3) is 0.733. The van der Waals surface area contributed by atoms with Crippen LogP contribution in [0.4, 0.5) is 5.82 Å². The number of rotatable bonds is 7. The summed E-state index contributed by atoms with van der Waals surface area (Å²) in [4.78, 5) is 21.6. The number of hydrogen-bond acceptors (Lipinski definition) is 4. The highest BCUT2D eigenvalue weighted by Crippen LogP contribution is 2.38. The molecular formula is C15H26N4O. The smallest absolute Gasteiger partial charge is 0.252 e. The van der Waals surface area contributed by atoms with E-state index in [1.807, 2.05) is 0 Å². The van der Waals surface area contributed by atoms with Gasteiger partial charge in [-0.15, -0.1) is 0 Å². The van der Waals surface area contributed by atoms with Crippen LogP contribution in [0.3, 0.4) is 0 Å². The number of H-pyrrole nitrogens is 1. The van der Waals surface area contributed by atoms with Crippen LogP contribution in [0.15, 0.2) is 10.9 Å². The van der Waals surface area contributed by atoms with Crippen molar-refractivity contribution >= 4 is 5.82 Å². The summed E-state index contributed by atoms with van der Waals surface area (Å²) in [5, 5.41) is 0. The van der Waals surface area contributed by atoms with Crippen molar-refractivity contribution in [1.29, 1.82) is 0 Å². The maximum absolute atomic E-state index is 11.8. The van der Waals surface area contributed by atoms with Gasteiger partial charge in [0, 0.05) is 25.1 Å². The number of nitrogens with two attached hydrogens (primary N) is 1. The van der Waals surface area contributed by atoms with Crippen molar-refractivity contribution in [3.05, 3.63) is 22.2 Å². The number of nitrogens with one attached hydrogen (secondary N) is 1. The van der Waals surface area contributed by atoms with Crippen LogP contribution in [0.1, 0.15) is 51.8 Å². The van der Waals surface area contributed by atoms with Gasteiger partial charge in [-0.3, -0.25) is 4.79 Å². The fourth-order valence-corrected chi connectivity index (χ4v) is 2.30. The molecule has 1 aromatic rings. The lowest BCUT2D eigenvalue weighted by Gasteiger charge is -2.32. The third-order valence-electron chi connectivity index (χ3n) is 3.70. The Kier molecular flexibility index (Phi) is 4.48. The molecule has 1 heterocycles. The second-order valence-corrected chi connectivity index (χ2v) is 6.55. The lowest BCUT2D eigenvalue weighted by molar-refractivity contribution is 0.376. The Morgan fingerprint density at radius 3 is 2.75 bits per heavy atom. The standard InChI is InChI=1S/C15H26N4O/c1-4-7-19(10-15(2,3)9-16)12-8-13(20)18-14(17-12)11-5-6-11/h8,11H,4-7,9-10,16H2,1-3H3,(H,17,18,20). The van der Waals surface area contributed by atoms with E-state index in [1.165, 1.54) is 0 Å². The largest absolute Gasteiger partial charge is 0.356 e. The topological polar surface area (TPSA) is 75.0 Å². The van der Waals surface area contributed by atoms with Crippen LogP contribution < -0.4 is 16.2 Å². The van der Waals surface area contributed by atoms with Crippen molar-refractivity contribution in [1.82, 2.24) is 9.97 Å². The summed E-state index contributed by atoms with van der Waals surface area (Å²) in [6.07, 6.45) is 3.29. The first-order valence-corrected chi connectivity index (χ1v) is 7.51. The van der Waals surface area contributed by atoms with E-state index in [-0.39, 0.29) is 11.0 Å². The molecule has 1 aliphatic rings. The molecule has 1 fully saturated rings. The Morgan fingerprint density at radius 2 is 2.20 bits per heavy atom. The second-order valence-electron chi connectivity index (χ2n) is 6.55. The van der Waals surface area contributed by atoms with Gasteiger partial charge in [0.15, 0.2) is 0 Å². The highest BCUT2D eigenvalue weighted by molar-refractivity contribution is 5.38. The molecule has 1 aliphatic carbocycles. The molecule has 0 bridgehead atoms. The zero-order valence-corrected chi connectivity index (χ0v) is 12.8. The van der Waals surface area contributed by atoms with E-state index < -0.39 is 0 Å². The Bertz CT molecular complexity index is 505. The molecule has 0 aliphatic heterocycles. The van der Waals surface area contributed by atoms with Gasteiger partial charge in [-0.05, 0) is 31.2 Å². The number of hydrogen-bond donors (Lipinski definition) is 2. The molecule has 112 valence electrons. The molecule has 0 saturated heterocycles. The predicted octanol–water partition coefficient (Wildman–Crippen LogP) is 1.85. The van der Waals surface area contributed by atoms with Crippen molar-refractivity contribution in [3.8, 4) is 0 Å². The quantitative estimate of drug-likeness (QED) is 0.798. The minimum atomic E-state index is -0.0523. The molecule has 0 atom stereocenters. The van der Waals surface area contributed by atoms with E-state index in [0.29, 0.717) is 12.5 Å². The molecule has 3 N–H and O–H groups in total. The number of aromatic amines is 1. The maximum Gasteiger partial charge on any atom is 0.252 e. The maximum atomic E-state index is 11.8. The number of anilines is 1. The third-order valence-corrected chi connectivity index (χ3v) is 3.70. The van der Waals surface area contributed by atoms with E-state index in [1.54, 1.807) is 6.07 Å². The van der Waals surface area contributed by atoms with Gasteiger partial charge in [0.25, 0.3) is 5.56 Å². The van der Waals surface area contributed by atoms with Crippen molar-refractivity contribution in [2.75, 3.05) is 24.5 Å². The van der Waals surface area contributed by atoms with Crippen LogP contribution in [0.25, 0.3) is 0 Å². The summed E-state index contributed by atoms with van der Waals surface area (Å²) in [6, 6.07) is 1.61. The summed E-state index contributed by atoms with van der Waals surface area (Å²) < 4.78 is 0. The molecule has 1 aromatic heterocycles. The van der Waals surface area contributed by atoms with Crippen molar-refractivity contribution in [3.63, 3.8) is 0 Å². The summed E-state index contributed by atoms with van der Waals surface area (Å²) in [5.74, 6) is 2.09. The van der Waals surface area contributed by atoms with Crippen LogP contribution >= 0.6 is 0 Å². The van der Waals surface area contributed by atoms with Gasteiger partial charge < -0.3 is 15.6 Å². The summed E-state index contributed by atoms with van der Waals surface area (Å²) in [6.45, 7) is 8.75. The first-order valence-electron chi connectivity index (χ1n) is 7.51. The second kappa shape index (κ2) is 5.95. The van der Waals surface area contributed by atoms with Crippen molar-refractivity contribution in [2.45, 2.75) is 46.0 Å². The predicted molar refractivity (Wildman–Crippen MR) is 82.2 cm³/mol. The lowest BCUT2D eigenvalue weighted by atomic mass is 9.93. The van der Waals surface area contributed by atoms with Gasteiger partial charge in [-0.25, -0.2) is 4.98 Å². The molecule has 0 radical (unpaired) electrons. The molecule has 5 heteroatoms. The Morgan fingerprint density at radius 1 is 1.50 bits per heavy atom. The average molecular weight is 278 g/mol. The Balaban J connectivity index is 2.26. The highest BCUT2D eigenvalue weighted by atomic mass is 16.1. The zero-order valence-electron chi connectivity index (χ0n) is 12.8. The fourth-order valence-electron chi connectivity index (χ4n) is 2.30. The molecule has 0 unspecified atom stereocenters. The first-order chi connectivity index (χ1) is 9.45. The minimum Gasteiger partial charge on any atom is -0.356 e. The van der Waals surface area contributed by atoms with Crippen LogP contribution in [-0.4, -0.2) is 29.6 Å². The van der Waals surface area contributed by atoms with Crippen LogP contribution in [0.2, 0.25) is 0 Å². The Hall–Kier alpha value is -1.36. The van der Waals surface area contributed by atoms with Gasteiger partial charge >= 0.3 is 0 Å². The third kappa shape index (κ3) is 3.82. The average Bonchev–Trinajstić information content (AvgIpc) is 3.21. The molecule has 2 rings (SSSR count). The first kappa shape index (κ1) is 15.0. The van der Waals surface area contributed by atoms with E-state index in [9.17, 15) is 4.79 Å². The van der Waals surface area contributed by atoms with E-state index in [4.69, 9.17) is 5.73 Å². The summed E-state index contributed by atoms with van der Waals surface area (Å²) in [5.41, 5.74) is 5.79. The zero-order chi connectivity index (χ0) is 14.8. The van der Waals surface area contributed by atoms with Crippen LogP contribution in [0.5, 0.6) is 0 Å². The van der Waals surface area contributed by atoms with Crippen LogP contribution in [-0.2, 0) is 0 Å². The molecule has 1 saturated carbocycles. The molecule has 5 nitrogen and oxygen atoms in total. The molecular weight excluding hydrogens is 252 g/mol. The van der Waals surface area contributed by atoms with E-state index >= 15 is 0 Å². The van der Waals surface area contributed by atoms with Gasteiger partial charge in [0.2, 0.25) is 0 Å². The minimum absolute atomic E-state index is 0.0131. The number of aromatic nitrogens is 2. The Labute approximate surface area is 120 Å². The van der Waals surface area contributed by atoms with E-state index in [0.717, 1.165) is 44.0 Å². The van der Waals surface area contributed by atoms with Crippen molar-refractivity contribution < 1.29 is 0 Å². The summed E-state index contributed by atoms with van der Waals surface area (Å²) in [7, 11) is 0. The number of nitrogens with zero attached hydrogens (tertiary/aromatic N) is 2. The lowest BCUT2D eigenvalue weighted by Crippen LogP contribution is -2.40. The molecule has 0 amide bonds. The normalized spacial score (nSPS) is 15.4. The molecule has 20 heavy (non-hydrogen) atoms. The van der Waals surface area contributed by atoms with Gasteiger partial charge in [0.1, 0.15) is 11.6 Å². The molecule has 0 spiro atoms. The molecule has 0 aromatic carbocycles. The summed E-state index contributed by atoms with van der Waals surface area (Å²) >= 11 is 0. The van der Waals surface area contributed by atoms with Gasteiger partial charge in [0.05, 0.1) is 0 Å².